The Kier molecular flexibility index (Phi) is 5.45. The lowest BCUT2D eigenvalue weighted by atomic mass is 10.2. The van der Waals surface area contributed by atoms with Crippen LogP contribution in [0.15, 0.2) is 60.6 Å². The van der Waals surface area contributed by atoms with Gasteiger partial charge in [-0.05, 0) is 42.6 Å². The van der Waals surface area contributed by atoms with Crippen LogP contribution in [0.1, 0.15) is 22.6 Å². The molecule has 0 saturated heterocycles. The number of nitrogens with zero attached hydrogens (tertiary/aromatic N) is 4. The molecule has 10 heteroatoms. The second-order valence-electron chi connectivity index (χ2n) is 6.08. The van der Waals surface area contributed by atoms with Crippen molar-refractivity contribution >= 4 is 45.9 Å². The minimum Gasteiger partial charge on any atom is -0.324 e. The van der Waals surface area contributed by atoms with Gasteiger partial charge >= 0.3 is 0 Å². The lowest BCUT2D eigenvalue weighted by Gasteiger charge is -2.12. The van der Waals surface area contributed by atoms with E-state index in [1.165, 1.54) is 28.7 Å². The summed E-state index contributed by atoms with van der Waals surface area (Å²) in [5.74, 6) is -0.431. The Balaban J connectivity index is 1.37. The molecule has 0 aliphatic heterocycles. The Morgan fingerprint density at radius 2 is 1.86 bits per heavy atom. The lowest BCUT2D eigenvalue weighted by molar-refractivity contribution is -0.119. The molecule has 1 aromatic carbocycles. The quantitative estimate of drug-likeness (QED) is 0.489. The molecule has 2 N–H and O–H groups in total. The van der Waals surface area contributed by atoms with Gasteiger partial charge in [-0.2, -0.15) is 5.10 Å². The number of carbonyl (C=O) groups is 2. The second kappa shape index (κ2) is 8.33. The molecular formula is C19H16N6O2S2. The van der Waals surface area contributed by atoms with Crippen LogP contribution in [0.4, 0.5) is 11.4 Å². The molecular weight excluding hydrogens is 408 g/mol. The highest BCUT2D eigenvalue weighted by Crippen LogP contribution is 2.29. The molecule has 146 valence electrons. The maximum Gasteiger partial charge on any atom is 0.267 e. The van der Waals surface area contributed by atoms with E-state index in [2.05, 4.69) is 25.7 Å². The van der Waals surface area contributed by atoms with Crippen molar-refractivity contribution in [1.82, 2.24) is 19.7 Å². The Morgan fingerprint density at radius 3 is 2.52 bits per heavy atom. The second-order valence-corrected chi connectivity index (χ2v) is 8.06. The van der Waals surface area contributed by atoms with Crippen LogP contribution < -0.4 is 10.6 Å². The van der Waals surface area contributed by atoms with E-state index in [9.17, 15) is 9.59 Å². The number of thiophene rings is 1. The van der Waals surface area contributed by atoms with Crippen molar-refractivity contribution in [2.24, 2.45) is 0 Å². The molecule has 0 spiro atoms. The fraction of sp³-hybridized carbons (Fsp3) is 0.105. The van der Waals surface area contributed by atoms with Gasteiger partial charge < -0.3 is 10.6 Å². The first-order valence-corrected chi connectivity index (χ1v) is 10.4. The summed E-state index contributed by atoms with van der Waals surface area (Å²) >= 11 is 2.93. The summed E-state index contributed by atoms with van der Waals surface area (Å²) in [6.07, 6.45) is 4.45. The molecule has 4 aromatic rings. The van der Waals surface area contributed by atoms with Crippen molar-refractivity contribution < 1.29 is 9.59 Å². The number of aromatic nitrogens is 4. The van der Waals surface area contributed by atoms with Crippen LogP contribution in [-0.4, -0.2) is 31.6 Å². The van der Waals surface area contributed by atoms with E-state index in [-0.39, 0.29) is 11.8 Å². The van der Waals surface area contributed by atoms with Crippen LogP contribution >= 0.6 is 22.7 Å². The molecule has 0 radical (unpaired) electrons. The fourth-order valence-electron chi connectivity index (χ4n) is 2.51. The van der Waals surface area contributed by atoms with Crippen LogP contribution in [0, 0.1) is 0 Å². The molecule has 3 heterocycles. The van der Waals surface area contributed by atoms with Crippen LogP contribution in [0.2, 0.25) is 0 Å². The lowest BCUT2D eigenvalue weighted by Crippen LogP contribution is -2.24. The topological polar surface area (TPSA) is 102 Å². The first-order chi connectivity index (χ1) is 14.1. The number of amides is 2. The largest absolute Gasteiger partial charge is 0.324 e. The molecule has 3 aromatic heterocycles. The van der Waals surface area contributed by atoms with E-state index >= 15 is 0 Å². The monoisotopic (exact) mass is 424 g/mol. The van der Waals surface area contributed by atoms with Gasteiger partial charge in [0.1, 0.15) is 28.6 Å². The van der Waals surface area contributed by atoms with Crippen molar-refractivity contribution in [2.45, 2.75) is 13.0 Å². The molecule has 1 atom stereocenters. The Bertz CT molecular complexity index is 1100. The van der Waals surface area contributed by atoms with Gasteiger partial charge in [0.15, 0.2) is 0 Å². The zero-order valence-electron chi connectivity index (χ0n) is 15.3. The van der Waals surface area contributed by atoms with Gasteiger partial charge in [0.25, 0.3) is 5.91 Å². The number of thiazole rings is 1. The summed E-state index contributed by atoms with van der Waals surface area (Å²) in [5, 5.41) is 12.4. The number of carbonyl (C=O) groups excluding carboxylic acids is 2. The van der Waals surface area contributed by atoms with Crippen LogP contribution in [-0.2, 0) is 4.79 Å². The molecule has 8 nitrogen and oxygen atoms in total. The van der Waals surface area contributed by atoms with Gasteiger partial charge in [-0.3, -0.25) is 9.59 Å². The molecule has 2 amide bonds. The Labute approximate surface area is 174 Å². The molecule has 0 fully saturated rings. The van der Waals surface area contributed by atoms with E-state index in [1.54, 1.807) is 48.7 Å². The zero-order chi connectivity index (χ0) is 20.2. The van der Waals surface area contributed by atoms with Crippen molar-refractivity contribution in [2.75, 3.05) is 10.6 Å². The average molecular weight is 425 g/mol. The zero-order valence-corrected chi connectivity index (χ0v) is 16.9. The number of anilines is 2. The van der Waals surface area contributed by atoms with Gasteiger partial charge in [-0.25, -0.2) is 14.6 Å². The Morgan fingerprint density at radius 1 is 1.10 bits per heavy atom. The summed E-state index contributed by atoms with van der Waals surface area (Å²) in [5.41, 5.74) is 1.25. The van der Waals surface area contributed by atoms with Crippen molar-refractivity contribution in [1.29, 1.82) is 0 Å². The summed E-state index contributed by atoms with van der Waals surface area (Å²) in [7, 11) is 0. The number of hydrogen-bond donors (Lipinski definition) is 2. The van der Waals surface area contributed by atoms with E-state index in [0.717, 1.165) is 9.88 Å². The number of benzene rings is 1. The third kappa shape index (κ3) is 4.39. The fourth-order valence-corrected chi connectivity index (χ4v) is 4.12. The van der Waals surface area contributed by atoms with Crippen LogP contribution in [0.25, 0.3) is 9.88 Å². The predicted octanol–water partition coefficient (Wildman–Crippen LogP) is 3.92. The van der Waals surface area contributed by atoms with Gasteiger partial charge in [0.2, 0.25) is 5.91 Å². The van der Waals surface area contributed by atoms with E-state index < -0.39 is 6.04 Å². The normalized spacial score (nSPS) is 11.8. The van der Waals surface area contributed by atoms with Crippen LogP contribution in [0.5, 0.6) is 0 Å². The number of rotatable bonds is 6. The molecule has 0 aliphatic rings. The maximum atomic E-state index is 12.5. The van der Waals surface area contributed by atoms with Crippen molar-refractivity contribution in [3.63, 3.8) is 0 Å². The molecule has 1 unspecified atom stereocenters. The minimum absolute atomic E-state index is 0.210. The smallest absolute Gasteiger partial charge is 0.267 e. The SMILES string of the molecule is CC(C(=O)Nc1ccc(NC(=O)c2cnc(-c3cccs3)s2)cc1)n1cncn1. The summed E-state index contributed by atoms with van der Waals surface area (Å²) < 4.78 is 1.48. The van der Waals surface area contributed by atoms with Crippen LogP contribution in [0.3, 0.4) is 0 Å². The third-order valence-corrected chi connectivity index (χ3v) is 6.12. The highest BCUT2D eigenvalue weighted by molar-refractivity contribution is 7.22. The van der Waals surface area contributed by atoms with E-state index in [4.69, 9.17) is 0 Å². The maximum absolute atomic E-state index is 12.5. The van der Waals surface area contributed by atoms with Crippen molar-refractivity contribution in [3.8, 4) is 9.88 Å². The van der Waals surface area contributed by atoms with Gasteiger partial charge in [-0.1, -0.05) is 6.07 Å². The van der Waals surface area contributed by atoms with E-state index in [0.29, 0.717) is 16.3 Å². The number of nitrogens with one attached hydrogen (secondary N) is 2. The summed E-state index contributed by atoms with van der Waals surface area (Å²) in [6, 6.07) is 10.4. The molecule has 0 aliphatic carbocycles. The highest BCUT2D eigenvalue weighted by Gasteiger charge is 2.16. The van der Waals surface area contributed by atoms with Gasteiger partial charge in [-0.15, -0.1) is 22.7 Å². The molecule has 0 bridgehead atoms. The van der Waals surface area contributed by atoms with E-state index in [1.807, 2.05) is 17.5 Å². The molecule has 29 heavy (non-hydrogen) atoms. The first kappa shape index (κ1) is 19.0. The minimum atomic E-state index is -0.485. The Hall–Kier alpha value is -3.37. The summed E-state index contributed by atoms with van der Waals surface area (Å²) in [4.78, 5) is 34.5. The molecule has 4 rings (SSSR count). The first-order valence-electron chi connectivity index (χ1n) is 8.66. The highest BCUT2D eigenvalue weighted by atomic mass is 32.1. The summed E-state index contributed by atoms with van der Waals surface area (Å²) in [6.45, 7) is 1.73. The van der Waals surface area contributed by atoms with Gasteiger partial charge in [0, 0.05) is 11.4 Å². The van der Waals surface area contributed by atoms with Gasteiger partial charge in [0.05, 0.1) is 11.1 Å². The van der Waals surface area contributed by atoms with Crippen molar-refractivity contribution in [3.05, 3.63) is 65.5 Å². The number of hydrogen-bond acceptors (Lipinski definition) is 7. The predicted molar refractivity (Wildman–Crippen MR) is 113 cm³/mol. The standard InChI is InChI=1S/C19H16N6O2S2/c1-12(25-11-20-10-22-25)17(26)23-13-4-6-14(7-5-13)24-18(27)16-9-21-19(29-16)15-3-2-8-28-15/h2-12H,1H3,(H,23,26)(H,24,27). The average Bonchev–Trinajstić information content (AvgIpc) is 3.50. The third-order valence-electron chi connectivity index (χ3n) is 4.08. The molecule has 0 saturated carbocycles.